The van der Waals surface area contributed by atoms with E-state index in [-0.39, 0.29) is 0 Å². The van der Waals surface area contributed by atoms with Crippen LogP contribution in [0.3, 0.4) is 0 Å². The van der Waals surface area contributed by atoms with Gasteiger partial charge in [0.1, 0.15) is 0 Å². The van der Waals surface area contributed by atoms with Crippen molar-refractivity contribution in [3.8, 4) is 0 Å². The summed E-state index contributed by atoms with van der Waals surface area (Å²) in [5.41, 5.74) is 2.30. The molecular formula is C11H19N. The van der Waals surface area contributed by atoms with Crippen LogP contribution in [0.15, 0.2) is 24.4 Å². The molecule has 0 aromatic rings. The van der Waals surface area contributed by atoms with Gasteiger partial charge in [-0.25, -0.2) is 0 Å². The normalized spacial score (nSPS) is 32.8. The van der Waals surface area contributed by atoms with Crippen LogP contribution in [0.5, 0.6) is 0 Å². The second-order valence-electron chi connectivity index (χ2n) is 4.11. The monoisotopic (exact) mass is 165 g/mol. The van der Waals surface area contributed by atoms with E-state index in [0.717, 1.165) is 17.5 Å². The first kappa shape index (κ1) is 9.37. The molecule has 0 spiro atoms. The molecule has 68 valence electrons. The molecule has 0 heterocycles. The predicted octanol–water partition coefficient (Wildman–Crippen LogP) is 2.52. The number of likely N-dealkylation sites (N-methyl/N-ethyl adjacent to an activating group) is 1. The van der Waals surface area contributed by atoms with Gasteiger partial charge >= 0.3 is 0 Å². The van der Waals surface area contributed by atoms with E-state index in [9.17, 15) is 0 Å². The van der Waals surface area contributed by atoms with E-state index in [1.54, 1.807) is 0 Å². The molecule has 0 amide bonds. The average Bonchev–Trinajstić information content (AvgIpc) is 2.57. The molecule has 0 aromatic heterocycles. The summed E-state index contributed by atoms with van der Waals surface area (Å²) in [6.07, 6.45) is 0. The van der Waals surface area contributed by atoms with E-state index in [1.165, 1.54) is 5.57 Å². The van der Waals surface area contributed by atoms with Crippen LogP contribution >= 0.6 is 0 Å². The molecule has 1 aliphatic rings. The first-order chi connectivity index (χ1) is 5.46. The van der Waals surface area contributed by atoms with E-state index in [0.29, 0.717) is 5.92 Å². The number of allylic oxidation sites excluding steroid dienone is 1. The maximum Gasteiger partial charge on any atom is 0.0317 e. The lowest BCUT2D eigenvalue weighted by Crippen LogP contribution is -2.12. The number of nitrogens with zero attached hydrogens (tertiary/aromatic N) is 1. The van der Waals surface area contributed by atoms with Crippen LogP contribution < -0.4 is 0 Å². The molecule has 0 aliphatic heterocycles. The van der Waals surface area contributed by atoms with Crippen LogP contribution in [0.1, 0.15) is 13.8 Å². The Hall–Kier alpha value is -0.720. The van der Waals surface area contributed by atoms with Crippen molar-refractivity contribution in [2.45, 2.75) is 13.8 Å². The molecule has 1 rings (SSSR count). The van der Waals surface area contributed by atoms with Crippen LogP contribution in [0.4, 0.5) is 0 Å². The largest absolute Gasteiger partial charge is 0.378 e. The zero-order valence-corrected chi connectivity index (χ0v) is 8.59. The SMILES string of the molecule is C=C(C(=C)N(C)C)C1C(C)C1C. The molecule has 1 nitrogen and oxygen atoms in total. The van der Waals surface area contributed by atoms with Gasteiger partial charge in [-0.15, -0.1) is 0 Å². The number of hydrogen-bond acceptors (Lipinski definition) is 1. The van der Waals surface area contributed by atoms with Gasteiger partial charge in [0.2, 0.25) is 0 Å². The quantitative estimate of drug-likeness (QED) is 0.581. The summed E-state index contributed by atoms with van der Waals surface area (Å²) in [6, 6.07) is 0. The summed E-state index contributed by atoms with van der Waals surface area (Å²) in [5.74, 6) is 2.28. The third-order valence-corrected chi connectivity index (χ3v) is 3.13. The molecule has 0 bridgehead atoms. The Bertz CT molecular complexity index is 207. The zero-order chi connectivity index (χ0) is 9.46. The van der Waals surface area contributed by atoms with E-state index >= 15 is 0 Å². The minimum atomic E-state index is 0.680. The van der Waals surface area contributed by atoms with E-state index in [2.05, 4.69) is 27.0 Å². The number of rotatable bonds is 3. The second-order valence-corrected chi connectivity index (χ2v) is 4.11. The molecule has 2 unspecified atom stereocenters. The summed E-state index contributed by atoms with van der Waals surface area (Å²) in [5, 5.41) is 0. The van der Waals surface area contributed by atoms with Gasteiger partial charge < -0.3 is 4.90 Å². The Morgan fingerprint density at radius 3 is 1.75 bits per heavy atom. The molecule has 1 heteroatoms. The second kappa shape index (κ2) is 2.96. The molecule has 0 saturated heterocycles. The molecule has 1 saturated carbocycles. The lowest BCUT2D eigenvalue weighted by molar-refractivity contribution is 0.514. The Balaban J connectivity index is 2.56. The summed E-state index contributed by atoms with van der Waals surface area (Å²) >= 11 is 0. The third-order valence-electron chi connectivity index (χ3n) is 3.13. The van der Waals surface area contributed by atoms with Gasteiger partial charge in [0, 0.05) is 19.8 Å². The first-order valence-corrected chi connectivity index (χ1v) is 4.52. The highest BCUT2D eigenvalue weighted by Gasteiger charge is 2.45. The highest BCUT2D eigenvalue weighted by atomic mass is 15.1. The molecule has 1 aliphatic carbocycles. The van der Waals surface area contributed by atoms with Crippen molar-refractivity contribution in [2.75, 3.05) is 14.1 Å². The Kier molecular flexibility index (Phi) is 2.31. The molecule has 0 N–H and O–H groups in total. The van der Waals surface area contributed by atoms with Crippen LogP contribution in [-0.2, 0) is 0 Å². The van der Waals surface area contributed by atoms with Crippen molar-refractivity contribution in [3.05, 3.63) is 24.4 Å². The summed E-state index contributed by atoms with van der Waals surface area (Å²) in [4.78, 5) is 2.04. The van der Waals surface area contributed by atoms with Crippen LogP contribution in [0.2, 0.25) is 0 Å². The molecule has 12 heavy (non-hydrogen) atoms. The highest BCUT2D eigenvalue weighted by Crippen LogP contribution is 2.51. The summed E-state index contributed by atoms with van der Waals surface area (Å²) in [7, 11) is 4.04. The van der Waals surface area contributed by atoms with Gasteiger partial charge in [-0.3, -0.25) is 0 Å². The van der Waals surface area contributed by atoms with E-state index in [1.807, 2.05) is 19.0 Å². The standard InChI is InChI=1S/C11H19N/c1-7-8(2)11(7)9(3)10(4)12(5)6/h7-8,11H,3-4H2,1-2,5-6H3. The van der Waals surface area contributed by atoms with Gasteiger partial charge in [-0.05, 0) is 23.3 Å². The fourth-order valence-corrected chi connectivity index (χ4v) is 1.78. The minimum Gasteiger partial charge on any atom is -0.378 e. The molecule has 1 fully saturated rings. The summed E-state index contributed by atoms with van der Waals surface area (Å²) in [6.45, 7) is 12.7. The number of hydrogen-bond donors (Lipinski definition) is 0. The van der Waals surface area contributed by atoms with Crippen LogP contribution in [-0.4, -0.2) is 19.0 Å². The van der Waals surface area contributed by atoms with Crippen LogP contribution in [0, 0.1) is 17.8 Å². The van der Waals surface area contributed by atoms with Crippen molar-refractivity contribution < 1.29 is 0 Å². The molecule has 0 aromatic carbocycles. The lowest BCUT2D eigenvalue weighted by Gasteiger charge is -2.17. The lowest BCUT2D eigenvalue weighted by atomic mass is 10.1. The topological polar surface area (TPSA) is 3.24 Å². The zero-order valence-electron chi connectivity index (χ0n) is 8.59. The molecule has 2 atom stereocenters. The fraction of sp³-hybridized carbons (Fsp3) is 0.636. The summed E-state index contributed by atoms with van der Waals surface area (Å²) < 4.78 is 0. The van der Waals surface area contributed by atoms with Gasteiger partial charge in [0.05, 0.1) is 0 Å². The molecular weight excluding hydrogens is 146 g/mol. The Labute approximate surface area is 75.8 Å². The van der Waals surface area contributed by atoms with Gasteiger partial charge in [-0.2, -0.15) is 0 Å². The van der Waals surface area contributed by atoms with E-state index in [4.69, 9.17) is 0 Å². The Morgan fingerprint density at radius 2 is 1.50 bits per heavy atom. The van der Waals surface area contributed by atoms with Crippen molar-refractivity contribution >= 4 is 0 Å². The Morgan fingerprint density at radius 1 is 1.08 bits per heavy atom. The first-order valence-electron chi connectivity index (χ1n) is 4.52. The van der Waals surface area contributed by atoms with Crippen molar-refractivity contribution in [2.24, 2.45) is 17.8 Å². The maximum atomic E-state index is 4.10. The minimum absolute atomic E-state index is 0.680. The van der Waals surface area contributed by atoms with Gasteiger partial charge in [0.15, 0.2) is 0 Å². The van der Waals surface area contributed by atoms with Crippen molar-refractivity contribution in [3.63, 3.8) is 0 Å². The molecule has 0 radical (unpaired) electrons. The average molecular weight is 165 g/mol. The highest BCUT2D eigenvalue weighted by molar-refractivity contribution is 5.31. The van der Waals surface area contributed by atoms with Crippen LogP contribution in [0.25, 0.3) is 0 Å². The van der Waals surface area contributed by atoms with Crippen molar-refractivity contribution in [1.82, 2.24) is 4.90 Å². The van der Waals surface area contributed by atoms with Gasteiger partial charge in [-0.1, -0.05) is 27.0 Å². The van der Waals surface area contributed by atoms with Crippen molar-refractivity contribution in [1.29, 1.82) is 0 Å². The smallest absolute Gasteiger partial charge is 0.0317 e. The predicted molar refractivity (Wildman–Crippen MR) is 53.8 cm³/mol. The maximum absolute atomic E-state index is 4.10. The van der Waals surface area contributed by atoms with E-state index < -0.39 is 0 Å². The fourth-order valence-electron chi connectivity index (χ4n) is 1.78. The third kappa shape index (κ3) is 1.40. The van der Waals surface area contributed by atoms with Gasteiger partial charge in [0.25, 0.3) is 0 Å².